The highest BCUT2D eigenvalue weighted by molar-refractivity contribution is 5.85. The minimum Gasteiger partial charge on any atom is -0.444 e. The summed E-state index contributed by atoms with van der Waals surface area (Å²) in [7, 11) is 3.35. The third kappa shape index (κ3) is 4.23. The van der Waals surface area contributed by atoms with Crippen LogP contribution in [0.2, 0.25) is 0 Å². The molecule has 0 aliphatic carbocycles. The molecule has 2 aromatic carbocycles. The second kappa shape index (κ2) is 7.78. The molecule has 0 aliphatic rings. The van der Waals surface area contributed by atoms with Crippen molar-refractivity contribution < 1.29 is 22.7 Å². The van der Waals surface area contributed by atoms with Crippen molar-refractivity contribution in [3.05, 3.63) is 65.9 Å². The van der Waals surface area contributed by atoms with E-state index in [2.05, 4.69) is 15.5 Å². The lowest BCUT2D eigenvalue weighted by atomic mass is 10.0. The molecule has 4 rings (SSSR count). The van der Waals surface area contributed by atoms with E-state index < -0.39 is 17.8 Å². The molecule has 0 aliphatic heterocycles. The SMILES string of the molecule is Cn1nc(-c2ccccc2C(F)(F)F)cc1NC(=O)OCc1ccc2c(cnn2C)c1. The minimum absolute atomic E-state index is 0.0261. The Morgan fingerprint density at radius 2 is 1.87 bits per heavy atom. The molecule has 0 fully saturated rings. The number of hydrogen-bond donors (Lipinski definition) is 1. The van der Waals surface area contributed by atoms with Crippen LogP contribution in [0.3, 0.4) is 0 Å². The molecule has 2 aromatic heterocycles. The van der Waals surface area contributed by atoms with E-state index in [9.17, 15) is 18.0 Å². The molecule has 0 spiro atoms. The Bertz CT molecular complexity index is 1260. The number of rotatable bonds is 4. The maximum absolute atomic E-state index is 13.3. The average Bonchev–Trinajstić information content (AvgIpc) is 3.28. The van der Waals surface area contributed by atoms with Gasteiger partial charge in [0.2, 0.25) is 0 Å². The van der Waals surface area contributed by atoms with Crippen LogP contribution < -0.4 is 5.32 Å². The first-order valence-corrected chi connectivity index (χ1v) is 9.27. The fourth-order valence-electron chi connectivity index (χ4n) is 3.26. The van der Waals surface area contributed by atoms with Crippen molar-refractivity contribution in [3.63, 3.8) is 0 Å². The van der Waals surface area contributed by atoms with Gasteiger partial charge in [0.1, 0.15) is 12.4 Å². The molecule has 0 unspecified atom stereocenters. The summed E-state index contributed by atoms with van der Waals surface area (Å²) in [6.45, 7) is 0.0261. The second-order valence-corrected chi connectivity index (χ2v) is 6.94. The molecular weight excluding hydrogens is 411 g/mol. The number of carbonyl (C=O) groups is 1. The van der Waals surface area contributed by atoms with Gasteiger partial charge in [0.15, 0.2) is 0 Å². The van der Waals surface area contributed by atoms with Crippen molar-refractivity contribution in [1.82, 2.24) is 19.6 Å². The number of amides is 1. The van der Waals surface area contributed by atoms with E-state index in [4.69, 9.17) is 4.74 Å². The number of anilines is 1. The van der Waals surface area contributed by atoms with Crippen molar-refractivity contribution >= 4 is 22.8 Å². The lowest BCUT2D eigenvalue weighted by Crippen LogP contribution is -2.15. The number of carbonyl (C=O) groups excluding carboxylic acids is 1. The van der Waals surface area contributed by atoms with Crippen LogP contribution in [0.25, 0.3) is 22.2 Å². The van der Waals surface area contributed by atoms with Crippen LogP contribution in [0.4, 0.5) is 23.8 Å². The van der Waals surface area contributed by atoms with Crippen molar-refractivity contribution in [3.8, 4) is 11.3 Å². The maximum atomic E-state index is 13.3. The van der Waals surface area contributed by atoms with Gasteiger partial charge in [-0.25, -0.2) is 4.79 Å². The molecule has 0 saturated carbocycles. The van der Waals surface area contributed by atoms with E-state index >= 15 is 0 Å². The number of benzene rings is 2. The number of fused-ring (bicyclic) bond motifs is 1. The summed E-state index contributed by atoms with van der Waals surface area (Å²) in [5.74, 6) is 0.208. The Morgan fingerprint density at radius 1 is 1.10 bits per heavy atom. The van der Waals surface area contributed by atoms with Crippen LogP contribution in [-0.2, 0) is 31.6 Å². The molecular formula is C21H18F3N5O2. The summed E-state index contributed by atoms with van der Waals surface area (Å²) in [6, 6.07) is 12.1. The van der Waals surface area contributed by atoms with Crippen molar-refractivity contribution in [2.45, 2.75) is 12.8 Å². The monoisotopic (exact) mass is 429 g/mol. The highest BCUT2D eigenvalue weighted by Crippen LogP contribution is 2.37. The summed E-state index contributed by atoms with van der Waals surface area (Å²) in [5.41, 5.74) is 0.952. The molecule has 10 heteroatoms. The first-order chi connectivity index (χ1) is 14.7. The molecule has 0 radical (unpaired) electrons. The Hall–Kier alpha value is -3.82. The number of alkyl halides is 3. The molecule has 2 heterocycles. The minimum atomic E-state index is -4.52. The third-order valence-corrected chi connectivity index (χ3v) is 4.80. The first kappa shape index (κ1) is 20.5. The number of halogens is 3. The number of nitrogens with zero attached hydrogens (tertiary/aromatic N) is 4. The lowest BCUT2D eigenvalue weighted by Gasteiger charge is -2.10. The Balaban J connectivity index is 1.46. The lowest BCUT2D eigenvalue weighted by molar-refractivity contribution is -0.137. The van der Waals surface area contributed by atoms with E-state index in [1.807, 2.05) is 25.2 Å². The zero-order valence-electron chi connectivity index (χ0n) is 16.6. The smallest absolute Gasteiger partial charge is 0.417 e. The maximum Gasteiger partial charge on any atom is 0.417 e. The predicted molar refractivity (Wildman–Crippen MR) is 108 cm³/mol. The van der Waals surface area contributed by atoms with Gasteiger partial charge in [0.25, 0.3) is 0 Å². The van der Waals surface area contributed by atoms with E-state index in [0.717, 1.165) is 22.5 Å². The quantitative estimate of drug-likeness (QED) is 0.509. The van der Waals surface area contributed by atoms with Crippen LogP contribution in [0, 0.1) is 0 Å². The summed E-state index contributed by atoms with van der Waals surface area (Å²) in [5, 5.41) is 11.7. The molecule has 1 N–H and O–H groups in total. The zero-order chi connectivity index (χ0) is 22.2. The van der Waals surface area contributed by atoms with Crippen LogP contribution in [0.1, 0.15) is 11.1 Å². The third-order valence-electron chi connectivity index (χ3n) is 4.80. The zero-order valence-corrected chi connectivity index (χ0v) is 16.6. The fourth-order valence-corrected chi connectivity index (χ4v) is 3.26. The molecule has 31 heavy (non-hydrogen) atoms. The van der Waals surface area contributed by atoms with Crippen molar-refractivity contribution in [2.75, 3.05) is 5.32 Å². The topological polar surface area (TPSA) is 74.0 Å². The van der Waals surface area contributed by atoms with E-state index in [1.165, 1.54) is 36.0 Å². The summed E-state index contributed by atoms with van der Waals surface area (Å²) < 4.78 is 48.1. The summed E-state index contributed by atoms with van der Waals surface area (Å²) in [6.07, 6.45) is -3.55. The molecule has 0 atom stereocenters. The van der Waals surface area contributed by atoms with Gasteiger partial charge in [-0.1, -0.05) is 24.3 Å². The van der Waals surface area contributed by atoms with Gasteiger partial charge in [-0.3, -0.25) is 14.7 Å². The summed E-state index contributed by atoms with van der Waals surface area (Å²) >= 11 is 0. The van der Waals surface area contributed by atoms with Gasteiger partial charge in [-0.05, 0) is 23.8 Å². The molecule has 4 aromatic rings. The van der Waals surface area contributed by atoms with Gasteiger partial charge in [-0.15, -0.1) is 0 Å². The number of aromatic nitrogens is 4. The van der Waals surface area contributed by atoms with Crippen LogP contribution >= 0.6 is 0 Å². The van der Waals surface area contributed by atoms with E-state index in [-0.39, 0.29) is 23.7 Å². The largest absolute Gasteiger partial charge is 0.444 e. The molecule has 0 saturated heterocycles. The van der Waals surface area contributed by atoms with Gasteiger partial charge in [0.05, 0.1) is 23.0 Å². The normalized spacial score (nSPS) is 11.6. The molecule has 0 bridgehead atoms. The number of hydrogen-bond acceptors (Lipinski definition) is 4. The van der Waals surface area contributed by atoms with Gasteiger partial charge in [-0.2, -0.15) is 23.4 Å². The van der Waals surface area contributed by atoms with Crippen molar-refractivity contribution in [2.24, 2.45) is 14.1 Å². The standard InChI is InChI=1S/C21H18F3N5O2/c1-28-18-8-7-13(9-14(18)11-25-28)12-31-20(30)26-19-10-17(27-29(19)2)15-5-3-4-6-16(15)21(22,23)24/h3-11H,12H2,1-2H3,(H,26,30). The molecule has 1 amide bonds. The Morgan fingerprint density at radius 3 is 2.65 bits per heavy atom. The first-order valence-electron chi connectivity index (χ1n) is 9.27. The Kier molecular flexibility index (Phi) is 5.14. The number of aryl methyl sites for hydroxylation is 2. The van der Waals surface area contributed by atoms with Gasteiger partial charge in [0, 0.05) is 31.1 Å². The van der Waals surface area contributed by atoms with Gasteiger partial charge < -0.3 is 4.74 Å². The van der Waals surface area contributed by atoms with Crippen LogP contribution in [0.5, 0.6) is 0 Å². The Labute approximate surface area is 175 Å². The van der Waals surface area contributed by atoms with E-state index in [1.54, 1.807) is 10.9 Å². The van der Waals surface area contributed by atoms with Gasteiger partial charge >= 0.3 is 12.3 Å². The van der Waals surface area contributed by atoms with Crippen LogP contribution in [-0.4, -0.2) is 25.7 Å². The van der Waals surface area contributed by atoms with Crippen LogP contribution in [0.15, 0.2) is 54.7 Å². The highest BCUT2D eigenvalue weighted by Gasteiger charge is 2.34. The second-order valence-electron chi connectivity index (χ2n) is 6.94. The fraction of sp³-hybridized carbons (Fsp3) is 0.190. The highest BCUT2D eigenvalue weighted by atomic mass is 19.4. The number of nitrogens with one attached hydrogen (secondary N) is 1. The number of ether oxygens (including phenoxy) is 1. The van der Waals surface area contributed by atoms with E-state index in [0.29, 0.717) is 0 Å². The summed E-state index contributed by atoms with van der Waals surface area (Å²) in [4.78, 5) is 12.2. The molecule has 7 nitrogen and oxygen atoms in total. The average molecular weight is 429 g/mol. The van der Waals surface area contributed by atoms with Crippen molar-refractivity contribution in [1.29, 1.82) is 0 Å². The molecule has 160 valence electrons. The predicted octanol–water partition coefficient (Wildman–Crippen LogP) is 4.74.